The number of carbonyl (C=O) groups excluding carboxylic acids is 1. The van der Waals surface area contributed by atoms with Gasteiger partial charge in [-0.3, -0.25) is 4.79 Å². The van der Waals surface area contributed by atoms with Crippen molar-refractivity contribution in [2.45, 2.75) is 19.3 Å². The molecule has 2 aromatic carbocycles. The van der Waals surface area contributed by atoms with Crippen molar-refractivity contribution in [3.63, 3.8) is 0 Å². The number of rotatable bonds is 4. The molecule has 27 heavy (non-hydrogen) atoms. The Labute approximate surface area is 163 Å². The average Bonchev–Trinajstić information content (AvgIpc) is 3.38. The predicted octanol–water partition coefficient (Wildman–Crippen LogP) is 4.76. The van der Waals surface area contributed by atoms with Crippen molar-refractivity contribution < 1.29 is 9.53 Å². The third-order valence-corrected chi connectivity index (χ3v) is 5.98. The van der Waals surface area contributed by atoms with Crippen LogP contribution in [0.5, 0.6) is 5.75 Å². The smallest absolute Gasteiger partial charge is 0.273 e. The molecule has 0 bridgehead atoms. The molecule has 1 amide bonds. The molecule has 0 N–H and O–H groups in total. The standard InChI is InChI=1S/C22H22N2O2S/c1-15-3-5-17(6-4-15)21-23-20(14-27-21)22(25)24-12-11-18(13-24)16-7-9-19(26-2)10-8-16/h3-10,14,18H,11-13H2,1-2H3. The molecule has 0 spiro atoms. The quantitative estimate of drug-likeness (QED) is 0.657. The number of hydrogen-bond donors (Lipinski definition) is 0. The second-order valence-corrected chi connectivity index (χ2v) is 7.77. The lowest BCUT2D eigenvalue weighted by Gasteiger charge is -2.15. The SMILES string of the molecule is COc1ccc(C2CCN(C(=O)c3csc(-c4ccc(C)cc4)n3)C2)cc1. The van der Waals surface area contributed by atoms with Crippen LogP contribution in [0.2, 0.25) is 0 Å². The summed E-state index contributed by atoms with van der Waals surface area (Å²) in [6.45, 7) is 3.57. The minimum Gasteiger partial charge on any atom is -0.497 e. The molecule has 0 radical (unpaired) electrons. The minimum atomic E-state index is 0.0284. The minimum absolute atomic E-state index is 0.0284. The molecule has 1 aliphatic heterocycles. The molecule has 1 unspecified atom stereocenters. The predicted molar refractivity (Wildman–Crippen MR) is 109 cm³/mol. The maximum Gasteiger partial charge on any atom is 0.273 e. The van der Waals surface area contributed by atoms with E-state index in [-0.39, 0.29) is 5.91 Å². The third kappa shape index (κ3) is 3.74. The first-order valence-electron chi connectivity index (χ1n) is 9.10. The molecular weight excluding hydrogens is 356 g/mol. The van der Waals surface area contributed by atoms with Gasteiger partial charge in [0.1, 0.15) is 16.5 Å². The molecule has 1 fully saturated rings. The lowest BCUT2D eigenvalue weighted by atomic mass is 9.98. The zero-order chi connectivity index (χ0) is 18.8. The zero-order valence-corrected chi connectivity index (χ0v) is 16.3. The molecule has 1 saturated heterocycles. The van der Waals surface area contributed by atoms with Crippen LogP contribution in [0, 0.1) is 6.92 Å². The van der Waals surface area contributed by atoms with Gasteiger partial charge >= 0.3 is 0 Å². The van der Waals surface area contributed by atoms with E-state index in [4.69, 9.17) is 4.74 Å². The van der Waals surface area contributed by atoms with Gasteiger partial charge in [-0.2, -0.15) is 0 Å². The first-order valence-corrected chi connectivity index (χ1v) is 9.98. The van der Waals surface area contributed by atoms with E-state index < -0.39 is 0 Å². The van der Waals surface area contributed by atoms with E-state index in [0.29, 0.717) is 11.6 Å². The molecule has 1 aromatic heterocycles. The van der Waals surface area contributed by atoms with Crippen LogP contribution in [0.1, 0.15) is 34.0 Å². The Kier molecular flexibility index (Phi) is 4.94. The highest BCUT2D eigenvalue weighted by Crippen LogP contribution is 2.30. The first kappa shape index (κ1) is 17.7. The van der Waals surface area contributed by atoms with Gasteiger partial charge in [0, 0.05) is 30.0 Å². The fourth-order valence-electron chi connectivity index (χ4n) is 3.46. The van der Waals surface area contributed by atoms with E-state index in [1.807, 2.05) is 22.4 Å². The van der Waals surface area contributed by atoms with E-state index in [1.165, 1.54) is 22.5 Å². The first-order chi connectivity index (χ1) is 13.1. The van der Waals surface area contributed by atoms with Crippen molar-refractivity contribution in [1.29, 1.82) is 0 Å². The van der Waals surface area contributed by atoms with Crippen LogP contribution in [-0.2, 0) is 0 Å². The number of aryl methyl sites for hydroxylation is 1. The Morgan fingerprint density at radius 3 is 2.59 bits per heavy atom. The molecule has 4 nitrogen and oxygen atoms in total. The zero-order valence-electron chi connectivity index (χ0n) is 15.5. The van der Waals surface area contributed by atoms with E-state index >= 15 is 0 Å². The number of thiazole rings is 1. The van der Waals surface area contributed by atoms with Crippen LogP contribution in [0.25, 0.3) is 10.6 Å². The van der Waals surface area contributed by atoms with Crippen LogP contribution in [-0.4, -0.2) is 36.0 Å². The monoisotopic (exact) mass is 378 g/mol. The van der Waals surface area contributed by atoms with Gasteiger partial charge in [0.05, 0.1) is 7.11 Å². The van der Waals surface area contributed by atoms with E-state index in [9.17, 15) is 4.79 Å². The van der Waals surface area contributed by atoms with Crippen molar-refractivity contribution >= 4 is 17.2 Å². The average molecular weight is 378 g/mol. The highest BCUT2D eigenvalue weighted by atomic mass is 32.1. The number of amides is 1. The van der Waals surface area contributed by atoms with Crippen LogP contribution in [0.3, 0.4) is 0 Å². The molecular formula is C22H22N2O2S. The summed E-state index contributed by atoms with van der Waals surface area (Å²) in [6.07, 6.45) is 0.979. The van der Waals surface area contributed by atoms with Crippen LogP contribution < -0.4 is 4.74 Å². The molecule has 4 rings (SSSR count). The number of likely N-dealkylation sites (tertiary alicyclic amines) is 1. The lowest BCUT2D eigenvalue weighted by Crippen LogP contribution is -2.28. The Bertz CT molecular complexity index is 932. The molecule has 1 atom stereocenters. The summed E-state index contributed by atoms with van der Waals surface area (Å²) in [5.74, 6) is 1.26. The van der Waals surface area contributed by atoms with E-state index in [2.05, 4.69) is 48.3 Å². The summed E-state index contributed by atoms with van der Waals surface area (Å²) < 4.78 is 5.22. The largest absolute Gasteiger partial charge is 0.497 e. The summed E-state index contributed by atoms with van der Waals surface area (Å²) in [7, 11) is 1.67. The van der Waals surface area contributed by atoms with Gasteiger partial charge in [-0.1, -0.05) is 42.0 Å². The number of nitrogens with zero attached hydrogens (tertiary/aromatic N) is 2. The Hall–Kier alpha value is -2.66. The fraction of sp³-hybridized carbons (Fsp3) is 0.273. The highest BCUT2D eigenvalue weighted by molar-refractivity contribution is 7.13. The van der Waals surface area contributed by atoms with Gasteiger partial charge in [-0.15, -0.1) is 11.3 Å². The molecule has 5 heteroatoms. The van der Waals surface area contributed by atoms with E-state index in [0.717, 1.165) is 35.8 Å². The van der Waals surface area contributed by atoms with Gasteiger partial charge < -0.3 is 9.64 Å². The van der Waals surface area contributed by atoms with Crippen molar-refractivity contribution in [2.75, 3.05) is 20.2 Å². The number of carbonyl (C=O) groups is 1. The maximum absolute atomic E-state index is 12.9. The van der Waals surface area contributed by atoms with Gasteiger partial charge in [-0.05, 0) is 31.0 Å². The van der Waals surface area contributed by atoms with Gasteiger partial charge in [-0.25, -0.2) is 4.98 Å². The summed E-state index contributed by atoms with van der Waals surface area (Å²) in [6, 6.07) is 16.4. The molecule has 1 aliphatic rings. The maximum atomic E-state index is 12.9. The number of hydrogen-bond acceptors (Lipinski definition) is 4. The number of benzene rings is 2. The van der Waals surface area contributed by atoms with Crippen LogP contribution in [0.15, 0.2) is 53.9 Å². The third-order valence-electron chi connectivity index (χ3n) is 5.08. The Balaban J connectivity index is 1.45. The van der Waals surface area contributed by atoms with Crippen molar-refractivity contribution in [3.8, 4) is 16.3 Å². The molecule has 0 aliphatic carbocycles. The number of ether oxygens (including phenoxy) is 1. The van der Waals surface area contributed by atoms with Crippen molar-refractivity contribution in [2.24, 2.45) is 0 Å². The lowest BCUT2D eigenvalue weighted by molar-refractivity contribution is 0.0786. The van der Waals surface area contributed by atoms with Gasteiger partial charge in [0.2, 0.25) is 0 Å². The molecule has 138 valence electrons. The summed E-state index contributed by atoms with van der Waals surface area (Å²) >= 11 is 1.52. The van der Waals surface area contributed by atoms with Crippen LogP contribution in [0.4, 0.5) is 0 Å². The van der Waals surface area contributed by atoms with Gasteiger partial charge in [0.25, 0.3) is 5.91 Å². The second-order valence-electron chi connectivity index (χ2n) is 6.91. The highest BCUT2D eigenvalue weighted by Gasteiger charge is 2.29. The Morgan fingerprint density at radius 1 is 1.15 bits per heavy atom. The normalized spacial score (nSPS) is 16.5. The van der Waals surface area contributed by atoms with E-state index in [1.54, 1.807) is 7.11 Å². The molecule has 2 heterocycles. The Morgan fingerprint density at radius 2 is 1.89 bits per heavy atom. The summed E-state index contributed by atoms with van der Waals surface area (Å²) in [5, 5.41) is 2.77. The topological polar surface area (TPSA) is 42.4 Å². The second kappa shape index (κ2) is 7.53. The van der Waals surface area contributed by atoms with Crippen molar-refractivity contribution in [3.05, 3.63) is 70.7 Å². The fourth-order valence-corrected chi connectivity index (χ4v) is 4.26. The molecule has 3 aromatic rings. The molecule has 0 saturated carbocycles. The number of methoxy groups -OCH3 is 1. The van der Waals surface area contributed by atoms with Gasteiger partial charge in [0.15, 0.2) is 0 Å². The van der Waals surface area contributed by atoms with Crippen molar-refractivity contribution in [1.82, 2.24) is 9.88 Å². The summed E-state index contributed by atoms with van der Waals surface area (Å²) in [5.41, 5.74) is 4.08. The summed E-state index contributed by atoms with van der Waals surface area (Å²) in [4.78, 5) is 19.4. The number of aromatic nitrogens is 1. The van der Waals surface area contributed by atoms with Crippen LogP contribution >= 0.6 is 11.3 Å².